The van der Waals surface area contributed by atoms with Crippen LogP contribution in [0.2, 0.25) is 0 Å². The minimum absolute atomic E-state index is 0.130. The van der Waals surface area contributed by atoms with Gasteiger partial charge in [-0.05, 0) is 72.4 Å². The fraction of sp³-hybridized carbons (Fsp3) is 0.500. The highest BCUT2D eigenvalue weighted by Crippen LogP contribution is 2.31. The summed E-state index contributed by atoms with van der Waals surface area (Å²) < 4.78 is 27.2. The van der Waals surface area contributed by atoms with Crippen molar-refractivity contribution in [3.63, 3.8) is 0 Å². The zero-order chi connectivity index (χ0) is 23.3. The Hall–Kier alpha value is -2.31. The molecule has 2 aromatic rings. The lowest BCUT2D eigenvalue weighted by Crippen LogP contribution is -2.48. The third-order valence-electron chi connectivity index (χ3n) is 5.97. The summed E-state index contributed by atoms with van der Waals surface area (Å²) in [6.45, 7) is 6.05. The maximum Gasteiger partial charge on any atom is 0.217 e. The second-order valence-corrected chi connectivity index (χ2v) is 9.34. The highest BCUT2D eigenvalue weighted by atomic mass is 19.1. The first-order valence-corrected chi connectivity index (χ1v) is 11.5. The van der Waals surface area contributed by atoms with Crippen molar-refractivity contribution in [2.75, 3.05) is 6.54 Å². The van der Waals surface area contributed by atoms with E-state index in [1.165, 1.54) is 35.7 Å². The normalized spacial score (nSPS) is 17.7. The lowest BCUT2D eigenvalue weighted by molar-refractivity contribution is -0.120. The number of aliphatic hydroxyl groups is 1. The highest BCUT2D eigenvalue weighted by Gasteiger charge is 2.25. The summed E-state index contributed by atoms with van der Waals surface area (Å²) in [7, 11) is 0. The lowest BCUT2D eigenvalue weighted by Gasteiger charge is -2.30. The number of aliphatic hydroxyl groups excluding tert-OH is 1. The molecule has 0 aromatic heterocycles. The molecule has 0 radical (unpaired) electrons. The largest absolute Gasteiger partial charge is 0.390 e. The van der Waals surface area contributed by atoms with E-state index >= 15 is 0 Å². The number of carbonyl (C=O) groups excluding carboxylic acids is 1. The molecule has 2 unspecified atom stereocenters. The van der Waals surface area contributed by atoms with Crippen LogP contribution in [0.1, 0.15) is 61.9 Å². The van der Waals surface area contributed by atoms with E-state index in [4.69, 9.17) is 0 Å². The maximum atomic E-state index is 13.6. The minimum Gasteiger partial charge on any atom is -0.390 e. The minimum atomic E-state index is -0.908. The summed E-state index contributed by atoms with van der Waals surface area (Å²) >= 11 is 0. The van der Waals surface area contributed by atoms with Crippen LogP contribution >= 0.6 is 0 Å². The molecule has 6 heteroatoms. The topological polar surface area (TPSA) is 61.4 Å². The van der Waals surface area contributed by atoms with E-state index in [1.54, 1.807) is 0 Å². The van der Waals surface area contributed by atoms with Crippen LogP contribution in [-0.4, -0.2) is 29.7 Å². The van der Waals surface area contributed by atoms with Crippen LogP contribution in [-0.2, 0) is 24.1 Å². The Morgan fingerprint density at radius 2 is 1.81 bits per heavy atom. The van der Waals surface area contributed by atoms with Gasteiger partial charge in [-0.15, -0.1) is 0 Å². The number of halogens is 2. The fourth-order valence-electron chi connectivity index (χ4n) is 4.59. The van der Waals surface area contributed by atoms with Gasteiger partial charge in [-0.1, -0.05) is 32.0 Å². The van der Waals surface area contributed by atoms with Crippen LogP contribution in [0.5, 0.6) is 0 Å². The van der Waals surface area contributed by atoms with Crippen molar-refractivity contribution in [3.8, 4) is 0 Å². The van der Waals surface area contributed by atoms with Gasteiger partial charge in [-0.25, -0.2) is 8.78 Å². The van der Waals surface area contributed by atoms with Crippen LogP contribution in [0.3, 0.4) is 0 Å². The molecule has 1 aliphatic rings. The van der Waals surface area contributed by atoms with Crippen LogP contribution in [0.25, 0.3) is 0 Å². The number of hydrogen-bond acceptors (Lipinski definition) is 3. The van der Waals surface area contributed by atoms with Gasteiger partial charge in [0.2, 0.25) is 5.91 Å². The molecule has 0 spiro atoms. The molecule has 3 atom stereocenters. The van der Waals surface area contributed by atoms with E-state index in [0.29, 0.717) is 11.5 Å². The molecule has 0 bridgehead atoms. The predicted octanol–water partition coefficient (Wildman–Crippen LogP) is 4.24. The third-order valence-corrected chi connectivity index (χ3v) is 5.97. The monoisotopic (exact) mass is 444 g/mol. The molecule has 2 aromatic carbocycles. The number of aryl methyl sites for hydroxylation is 1. The van der Waals surface area contributed by atoms with Gasteiger partial charge in [-0.2, -0.15) is 0 Å². The van der Waals surface area contributed by atoms with Crippen molar-refractivity contribution in [1.29, 1.82) is 0 Å². The van der Waals surface area contributed by atoms with Crippen molar-refractivity contribution < 1.29 is 18.7 Å². The summed E-state index contributed by atoms with van der Waals surface area (Å²) in [5.41, 5.74) is 4.33. The number of rotatable bonds is 9. The van der Waals surface area contributed by atoms with Crippen molar-refractivity contribution >= 4 is 5.91 Å². The maximum absolute atomic E-state index is 13.6. The number of carbonyl (C=O) groups is 1. The van der Waals surface area contributed by atoms with Gasteiger partial charge in [-0.3, -0.25) is 4.79 Å². The zero-order valence-corrected chi connectivity index (χ0v) is 19.1. The second-order valence-electron chi connectivity index (χ2n) is 9.34. The van der Waals surface area contributed by atoms with E-state index in [1.807, 2.05) is 0 Å². The smallest absolute Gasteiger partial charge is 0.217 e. The molecule has 32 heavy (non-hydrogen) atoms. The molecule has 1 amide bonds. The number of hydrogen-bond donors (Lipinski definition) is 3. The van der Waals surface area contributed by atoms with Gasteiger partial charge in [0.1, 0.15) is 11.6 Å². The van der Waals surface area contributed by atoms with Crippen molar-refractivity contribution in [3.05, 3.63) is 70.3 Å². The molecule has 0 aliphatic heterocycles. The summed E-state index contributed by atoms with van der Waals surface area (Å²) in [6, 6.07) is 9.44. The molecule has 0 saturated carbocycles. The Morgan fingerprint density at radius 1 is 1.09 bits per heavy atom. The average molecular weight is 445 g/mol. The Kier molecular flexibility index (Phi) is 8.38. The fourth-order valence-corrected chi connectivity index (χ4v) is 4.59. The molecular weight excluding hydrogens is 410 g/mol. The first kappa shape index (κ1) is 24.3. The highest BCUT2D eigenvalue weighted by molar-refractivity contribution is 5.73. The van der Waals surface area contributed by atoms with E-state index < -0.39 is 23.8 Å². The second kappa shape index (κ2) is 11.0. The van der Waals surface area contributed by atoms with Gasteiger partial charge in [0, 0.05) is 25.6 Å². The van der Waals surface area contributed by atoms with E-state index in [9.17, 15) is 18.7 Å². The zero-order valence-electron chi connectivity index (χ0n) is 19.1. The van der Waals surface area contributed by atoms with Crippen molar-refractivity contribution in [2.45, 2.75) is 71.1 Å². The standard InChI is InChI=1S/C26H34F2N2O2/c1-16(2)9-18-7-8-20-5-4-6-24(23(20)12-18)29-15-26(32)25(30-17(3)31)13-19-10-21(27)14-22(28)11-19/h7-8,10-12,14,16,24-26,29,32H,4-6,9,13,15H2,1-3H3,(H,30,31)/t24?,25-,26?/m0/s1. The lowest BCUT2D eigenvalue weighted by atomic mass is 9.85. The van der Waals surface area contributed by atoms with E-state index in [-0.39, 0.29) is 24.9 Å². The van der Waals surface area contributed by atoms with Gasteiger partial charge < -0.3 is 15.7 Å². The molecular formula is C26H34F2N2O2. The molecule has 3 N–H and O–H groups in total. The number of fused-ring (bicyclic) bond motifs is 1. The van der Waals surface area contributed by atoms with E-state index in [2.05, 4.69) is 42.7 Å². The Morgan fingerprint density at radius 3 is 2.47 bits per heavy atom. The van der Waals surface area contributed by atoms with Gasteiger partial charge in [0.15, 0.2) is 0 Å². The number of amides is 1. The van der Waals surface area contributed by atoms with Crippen LogP contribution in [0, 0.1) is 17.6 Å². The SMILES string of the molecule is CC(=O)N[C@@H](Cc1cc(F)cc(F)c1)C(O)CNC1CCCc2ccc(CC(C)C)cc21. The summed E-state index contributed by atoms with van der Waals surface area (Å²) in [4.78, 5) is 11.7. The molecule has 174 valence electrons. The predicted molar refractivity (Wildman–Crippen MR) is 122 cm³/mol. The Bertz CT molecular complexity index is 912. The third kappa shape index (κ3) is 6.84. The summed E-state index contributed by atoms with van der Waals surface area (Å²) in [5.74, 6) is -1.07. The average Bonchev–Trinajstić information content (AvgIpc) is 2.70. The van der Waals surface area contributed by atoms with E-state index in [0.717, 1.165) is 31.7 Å². The van der Waals surface area contributed by atoms with Crippen LogP contribution in [0.15, 0.2) is 36.4 Å². The number of nitrogens with one attached hydrogen (secondary N) is 2. The molecule has 1 aliphatic carbocycles. The molecule has 3 rings (SSSR count). The Labute approximate surface area is 189 Å². The summed E-state index contributed by atoms with van der Waals surface area (Å²) in [6.07, 6.45) is 3.35. The van der Waals surface area contributed by atoms with Crippen LogP contribution < -0.4 is 10.6 Å². The molecule has 0 fully saturated rings. The van der Waals surface area contributed by atoms with Crippen molar-refractivity contribution in [1.82, 2.24) is 10.6 Å². The molecule has 0 saturated heterocycles. The first-order chi connectivity index (χ1) is 15.2. The van der Waals surface area contributed by atoms with Gasteiger partial charge in [0.05, 0.1) is 12.1 Å². The molecule has 0 heterocycles. The Balaban J connectivity index is 1.69. The van der Waals surface area contributed by atoms with Crippen LogP contribution in [0.4, 0.5) is 8.78 Å². The van der Waals surface area contributed by atoms with Gasteiger partial charge in [0.25, 0.3) is 0 Å². The quantitative estimate of drug-likeness (QED) is 0.542. The van der Waals surface area contributed by atoms with Gasteiger partial charge >= 0.3 is 0 Å². The molecule has 4 nitrogen and oxygen atoms in total. The summed E-state index contributed by atoms with van der Waals surface area (Å²) in [5, 5.41) is 17.0. The first-order valence-electron chi connectivity index (χ1n) is 11.5. The van der Waals surface area contributed by atoms with Crippen molar-refractivity contribution in [2.24, 2.45) is 5.92 Å². The number of benzene rings is 2.